The molecule has 0 aromatic carbocycles. The van der Waals surface area contributed by atoms with Gasteiger partial charge in [-0.25, -0.2) is 0 Å². The molecule has 0 spiro atoms. The molecule has 0 radical (unpaired) electrons. The second kappa shape index (κ2) is 4.32. The highest BCUT2D eigenvalue weighted by atomic mass is 16.4. The van der Waals surface area contributed by atoms with Gasteiger partial charge < -0.3 is 15.1 Å². The number of hydrogen-bond acceptors (Lipinski definition) is 3. The Bertz CT molecular complexity index is 196. The monoisotopic (exact) mass is 175 g/mol. The van der Waals surface area contributed by atoms with Crippen molar-refractivity contribution in [3.8, 4) is 0 Å². The average Bonchev–Trinajstić information content (AvgIpc) is 1.83. The van der Waals surface area contributed by atoms with Crippen LogP contribution in [0.15, 0.2) is 0 Å². The lowest BCUT2D eigenvalue weighted by Crippen LogP contribution is -2.37. The number of carbonyl (C=O) groups is 3. The van der Waals surface area contributed by atoms with E-state index in [4.69, 9.17) is 10.2 Å². The first-order valence-corrected chi connectivity index (χ1v) is 3.12. The normalized spacial score (nSPS) is 9.08. The minimum absolute atomic E-state index is 0.570. The van der Waals surface area contributed by atoms with Crippen molar-refractivity contribution < 1.29 is 24.6 Å². The van der Waals surface area contributed by atoms with Crippen LogP contribution >= 0.6 is 0 Å². The quantitative estimate of drug-likeness (QED) is 0.571. The Balaban J connectivity index is 4.14. The summed E-state index contributed by atoms with van der Waals surface area (Å²) in [5, 5.41) is 16.5. The molecule has 0 rings (SSSR count). The molecule has 0 unspecified atom stereocenters. The maximum Gasteiger partial charge on any atom is 0.323 e. The van der Waals surface area contributed by atoms with Gasteiger partial charge in [-0.05, 0) is 0 Å². The molecule has 0 aromatic rings. The Kier molecular flexibility index (Phi) is 3.75. The zero-order chi connectivity index (χ0) is 9.72. The van der Waals surface area contributed by atoms with Crippen LogP contribution in [0.4, 0.5) is 0 Å². The molecular weight excluding hydrogens is 166 g/mol. The fourth-order valence-electron chi connectivity index (χ4n) is 0.605. The molecule has 12 heavy (non-hydrogen) atoms. The van der Waals surface area contributed by atoms with Gasteiger partial charge in [0.05, 0.1) is 0 Å². The fourth-order valence-corrected chi connectivity index (χ4v) is 0.605. The largest absolute Gasteiger partial charge is 0.480 e. The molecule has 6 nitrogen and oxygen atoms in total. The number of amides is 1. The van der Waals surface area contributed by atoms with Crippen LogP contribution < -0.4 is 0 Å². The molecule has 0 aliphatic heterocycles. The molecule has 0 atom stereocenters. The predicted octanol–water partition coefficient (Wildman–Crippen LogP) is -0.996. The summed E-state index contributed by atoms with van der Waals surface area (Å²) in [5.74, 6) is -3.03. The Morgan fingerprint density at radius 2 is 1.42 bits per heavy atom. The van der Waals surface area contributed by atoms with Crippen LogP contribution in [0.2, 0.25) is 0 Å². The van der Waals surface area contributed by atoms with Gasteiger partial charge in [-0.3, -0.25) is 14.4 Å². The smallest absolute Gasteiger partial charge is 0.323 e. The first-order valence-electron chi connectivity index (χ1n) is 3.12. The molecule has 2 N–H and O–H groups in total. The molecule has 0 saturated carbocycles. The van der Waals surface area contributed by atoms with Crippen LogP contribution in [0, 0.1) is 0 Å². The summed E-state index contributed by atoms with van der Waals surface area (Å²) >= 11 is 0. The number of aliphatic carboxylic acids is 2. The number of hydrogen-bond donors (Lipinski definition) is 2. The fraction of sp³-hybridized carbons (Fsp3) is 0.500. The van der Waals surface area contributed by atoms with Gasteiger partial charge in [-0.2, -0.15) is 0 Å². The third kappa shape index (κ3) is 4.26. The van der Waals surface area contributed by atoms with E-state index in [1.807, 2.05) is 0 Å². The van der Waals surface area contributed by atoms with Gasteiger partial charge in [0.2, 0.25) is 5.91 Å². The van der Waals surface area contributed by atoms with Crippen LogP contribution in [-0.4, -0.2) is 46.0 Å². The summed E-state index contributed by atoms with van der Waals surface area (Å²) < 4.78 is 0. The van der Waals surface area contributed by atoms with E-state index < -0.39 is 30.9 Å². The van der Waals surface area contributed by atoms with E-state index in [-0.39, 0.29) is 0 Å². The summed E-state index contributed by atoms with van der Waals surface area (Å²) in [5.41, 5.74) is 0. The van der Waals surface area contributed by atoms with Gasteiger partial charge in [0.25, 0.3) is 0 Å². The third-order valence-electron chi connectivity index (χ3n) is 1.10. The SMILES string of the molecule is CC(=O)N(CC(=O)O)CC(=O)O. The van der Waals surface area contributed by atoms with Gasteiger partial charge in [0, 0.05) is 6.92 Å². The molecule has 0 bridgehead atoms. The van der Waals surface area contributed by atoms with Gasteiger partial charge in [-0.15, -0.1) is 0 Å². The van der Waals surface area contributed by atoms with Crippen LogP contribution in [0.3, 0.4) is 0 Å². The van der Waals surface area contributed by atoms with Gasteiger partial charge >= 0.3 is 11.9 Å². The molecule has 0 saturated heterocycles. The van der Waals surface area contributed by atoms with E-state index in [2.05, 4.69) is 0 Å². The van der Waals surface area contributed by atoms with E-state index in [1.54, 1.807) is 0 Å². The summed E-state index contributed by atoms with van der Waals surface area (Å²) in [6, 6.07) is 0. The van der Waals surface area contributed by atoms with Crippen LogP contribution in [0.25, 0.3) is 0 Å². The second-order valence-electron chi connectivity index (χ2n) is 2.16. The number of rotatable bonds is 4. The molecule has 0 heterocycles. The summed E-state index contributed by atoms with van der Waals surface area (Å²) in [6.07, 6.45) is 0. The van der Waals surface area contributed by atoms with E-state index in [0.29, 0.717) is 0 Å². The molecule has 0 fully saturated rings. The topological polar surface area (TPSA) is 94.9 Å². The maximum absolute atomic E-state index is 10.6. The molecule has 6 heteroatoms. The van der Waals surface area contributed by atoms with Crippen molar-refractivity contribution in [2.45, 2.75) is 6.92 Å². The van der Waals surface area contributed by atoms with Gasteiger partial charge in [-0.1, -0.05) is 0 Å². The maximum atomic E-state index is 10.6. The predicted molar refractivity (Wildman–Crippen MR) is 37.5 cm³/mol. The minimum atomic E-state index is -1.23. The Morgan fingerprint density at radius 3 is 1.58 bits per heavy atom. The van der Waals surface area contributed by atoms with E-state index in [1.165, 1.54) is 0 Å². The van der Waals surface area contributed by atoms with Crippen molar-refractivity contribution in [3.63, 3.8) is 0 Å². The van der Waals surface area contributed by atoms with Gasteiger partial charge in [0.15, 0.2) is 0 Å². The van der Waals surface area contributed by atoms with E-state index in [9.17, 15) is 14.4 Å². The first kappa shape index (κ1) is 10.4. The average molecular weight is 175 g/mol. The third-order valence-corrected chi connectivity index (χ3v) is 1.10. The summed E-state index contributed by atoms with van der Waals surface area (Å²) in [7, 11) is 0. The van der Waals surface area contributed by atoms with E-state index >= 15 is 0 Å². The van der Waals surface area contributed by atoms with Crippen LogP contribution in [0.5, 0.6) is 0 Å². The lowest BCUT2D eigenvalue weighted by atomic mass is 10.4. The van der Waals surface area contributed by atoms with Crippen LogP contribution in [-0.2, 0) is 14.4 Å². The Morgan fingerprint density at radius 1 is 1.08 bits per heavy atom. The highest BCUT2D eigenvalue weighted by Gasteiger charge is 2.15. The molecule has 1 amide bonds. The molecule has 68 valence electrons. The number of carboxylic acids is 2. The number of nitrogens with zero attached hydrogens (tertiary/aromatic N) is 1. The molecule has 0 aliphatic rings. The highest BCUT2D eigenvalue weighted by molar-refractivity contribution is 5.83. The zero-order valence-corrected chi connectivity index (χ0v) is 6.48. The van der Waals surface area contributed by atoms with Crippen molar-refractivity contribution in [2.24, 2.45) is 0 Å². The second-order valence-corrected chi connectivity index (χ2v) is 2.16. The molecular formula is C6H9NO5. The van der Waals surface area contributed by atoms with Crippen molar-refractivity contribution in [3.05, 3.63) is 0 Å². The molecule has 0 aromatic heterocycles. The highest BCUT2D eigenvalue weighted by Crippen LogP contribution is 1.88. The first-order chi connectivity index (χ1) is 5.43. The number of carboxylic acid groups (broad SMARTS) is 2. The molecule has 0 aliphatic carbocycles. The Labute approximate surface area is 68.4 Å². The van der Waals surface area contributed by atoms with Crippen molar-refractivity contribution >= 4 is 17.8 Å². The lowest BCUT2D eigenvalue weighted by molar-refractivity contribution is -0.148. The van der Waals surface area contributed by atoms with Gasteiger partial charge in [0.1, 0.15) is 13.1 Å². The Hall–Kier alpha value is -1.59. The summed E-state index contributed by atoms with van der Waals surface area (Å²) in [4.78, 5) is 31.6. The minimum Gasteiger partial charge on any atom is -0.480 e. The van der Waals surface area contributed by atoms with Crippen molar-refractivity contribution in [1.82, 2.24) is 4.90 Å². The number of carbonyl (C=O) groups excluding carboxylic acids is 1. The van der Waals surface area contributed by atoms with Crippen molar-refractivity contribution in [2.75, 3.05) is 13.1 Å². The van der Waals surface area contributed by atoms with Crippen LogP contribution in [0.1, 0.15) is 6.92 Å². The van der Waals surface area contributed by atoms with Crippen molar-refractivity contribution in [1.29, 1.82) is 0 Å². The standard InChI is InChI=1S/C6H9NO5/c1-4(8)7(2-5(9)10)3-6(11)12/h2-3H2,1H3,(H,9,10)(H,11,12). The van der Waals surface area contributed by atoms with E-state index in [0.717, 1.165) is 11.8 Å². The zero-order valence-electron chi connectivity index (χ0n) is 6.48. The summed E-state index contributed by atoms with van der Waals surface area (Å²) in [6.45, 7) is -0.0465. The lowest BCUT2D eigenvalue weighted by Gasteiger charge is -2.15.